The van der Waals surface area contributed by atoms with Crippen LogP contribution in [0.5, 0.6) is 0 Å². The average molecular weight is 286 g/mol. The third kappa shape index (κ3) is 2.12. The fourth-order valence-electron chi connectivity index (χ4n) is 2.02. The zero-order valence-corrected chi connectivity index (χ0v) is 11.5. The van der Waals surface area contributed by atoms with E-state index in [0.29, 0.717) is 22.4 Å². The molecule has 3 rings (SSSR count). The van der Waals surface area contributed by atoms with E-state index in [1.54, 1.807) is 30.2 Å². The highest BCUT2D eigenvalue weighted by molar-refractivity contribution is 6.30. The second-order valence-corrected chi connectivity index (χ2v) is 4.75. The van der Waals surface area contributed by atoms with Gasteiger partial charge in [0.2, 0.25) is 0 Å². The predicted molar refractivity (Wildman–Crippen MR) is 79.1 cm³/mol. The molecule has 2 heterocycles. The van der Waals surface area contributed by atoms with Gasteiger partial charge >= 0.3 is 0 Å². The van der Waals surface area contributed by atoms with Crippen LogP contribution in [0.3, 0.4) is 0 Å². The van der Waals surface area contributed by atoms with Gasteiger partial charge in [0, 0.05) is 24.5 Å². The standard InChI is InChI=1S/C14H12ClN5/c1-20-13(16)11(9-3-5-10(15)6-4-9)12(19-20)14-17-7-2-8-18-14/h2-8H,16H2,1H3. The van der Waals surface area contributed by atoms with Gasteiger partial charge in [-0.05, 0) is 23.8 Å². The Hall–Kier alpha value is -2.40. The number of nitrogens with zero attached hydrogens (tertiary/aromatic N) is 4. The maximum Gasteiger partial charge on any atom is 0.180 e. The molecule has 20 heavy (non-hydrogen) atoms. The summed E-state index contributed by atoms with van der Waals surface area (Å²) in [6, 6.07) is 9.21. The van der Waals surface area contributed by atoms with Gasteiger partial charge < -0.3 is 5.73 Å². The van der Waals surface area contributed by atoms with E-state index in [0.717, 1.165) is 11.1 Å². The van der Waals surface area contributed by atoms with Crippen molar-refractivity contribution in [1.82, 2.24) is 19.7 Å². The molecule has 0 radical (unpaired) electrons. The Morgan fingerprint density at radius 3 is 2.40 bits per heavy atom. The molecule has 0 saturated heterocycles. The van der Waals surface area contributed by atoms with Gasteiger partial charge in [0.25, 0.3) is 0 Å². The molecule has 3 aromatic rings. The lowest BCUT2D eigenvalue weighted by atomic mass is 10.1. The van der Waals surface area contributed by atoms with Crippen molar-refractivity contribution in [3.05, 3.63) is 47.7 Å². The van der Waals surface area contributed by atoms with Crippen LogP contribution < -0.4 is 5.73 Å². The quantitative estimate of drug-likeness (QED) is 0.786. The van der Waals surface area contributed by atoms with Gasteiger partial charge in [0.05, 0.1) is 5.56 Å². The number of nitrogens with two attached hydrogens (primary N) is 1. The topological polar surface area (TPSA) is 69.6 Å². The van der Waals surface area contributed by atoms with Gasteiger partial charge in [0.15, 0.2) is 5.82 Å². The van der Waals surface area contributed by atoms with Crippen LogP contribution in [0.1, 0.15) is 0 Å². The smallest absolute Gasteiger partial charge is 0.180 e. The highest BCUT2D eigenvalue weighted by Crippen LogP contribution is 2.34. The minimum absolute atomic E-state index is 0.546. The molecule has 2 aromatic heterocycles. The summed E-state index contributed by atoms with van der Waals surface area (Å²) in [4.78, 5) is 8.48. The molecule has 0 spiro atoms. The first-order chi connectivity index (χ1) is 9.66. The second kappa shape index (κ2) is 4.94. The van der Waals surface area contributed by atoms with Crippen LogP contribution >= 0.6 is 11.6 Å². The Morgan fingerprint density at radius 1 is 1.10 bits per heavy atom. The van der Waals surface area contributed by atoms with Crippen LogP contribution in [-0.2, 0) is 7.05 Å². The lowest BCUT2D eigenvalue weighted by Gasteiger charge is -2.03. The Bertz CT molecular complexity index is 734. The van der Waals surface area contributed by atoms with Crippen molar-refractivity contribution >= 4 is 17.4 Å². The molecule has 5 nitrogen and oxygen atoms in total. The zero-order valence-electron chi connectivity index (χ0n) is 10.8. The van der Waals surface area contributed by atoms with Gasteiger partial charge in [-0.15, -0.1) is 0 Å². The predicted octanol–water partition coefficient (Wildman–Crippen LogP) is 2.78. The monoisotopic (exact) mass is 285 g/mol. The fourth-order valence-corrected chi connectivity index (χ4v) is 2.14. The molecule has 0 amide bonds. The molecule has 0 aliphatic carbocycles. The number of anilines is 1. The highest BCUT2D eigenvalue weighted by atomic mass is 35.5. The van der Waals surface area contributed by atoms with Crippen molar-refractivity contribution in [2.24, 2.45) is 7.05 Å². The molecule has 0 aliphatic heterocycles. The minimum atomic E-state index is 0.546. The molecule has 0 unspecified atom stereocenters. The molecular formula is C14H12ClN5. The van der Waals surface area contributed by atoms with Crippen molar-refractivity contribution in [3.8, 4) is 22.6 Å². The molecule has 2 N–H and O–H groups in total. The third-order valence-electron chi connectivity index (χ3n) is 3.00. The summed E-state index contributed by atoms with van der Waals surface area (Å²) in [5.41, 5.74) is 8.53. The summed E-state index contributed by atoms with van der Waals surface area (Å²) in [5.74, 6) is 1.11. The van der Waals surface area contributed by atoms with Crippen LogP contribution in [0.15, 0.2) is 42.7 Å². The Kier molecular flexibility index (Phi) is 3.12. The summed E-state index contributed by atoms with van der Waals surface area (Å²) >= 11 is 5.92. The number of hydrogen-bond donors (Lipinski definition) is 1. The molecule has 0 fully saturated rings. The van der Waals surface area contributed by atoms with E-state index < -0.39 is 0 Å². The molecular weight excluding hydrogens is 274 g/mol. The van der Waals surface area contributed by atoms with Crippen molar-refractivity contribution in [1.29, 1.82) is 0 Å². The summed E-state index contributed by atoms with van der Waals surface area (Å²) in [5, 5.41) is 5.09. The van der Waals surface area contributed by atoms with Crippen molar-refractivity contribution in [2.45, 2.75) is 0 Å². The van der Waals surface area contributed by atoms with Crippen molar-refractivity contribution in [2.75, 3.05) is 5.73 Å². The van der Waals surface area contributed by atoms with Crippen molar-refractivity contribution in [3.63, 3.8) is 0 Å². The average Bonchev–Trinajstić information content (AvgIpc) is 2.77. The first kappa shape index (κ1) is 12.6. The van der Waals surface area contributed by atoms with Crippen LogP contribution in [0, 0.1) is 0 Å². The number of nitrogen functional groups attached to an aromatic ring is 1. The van der Waals surface area contributed by atoms with E-state index in [9.17, 15) is 0 Å². The van der Waals surface area contributed by atoms with Gasteiger partial charge in [-0.2, -0.15) is 5.10 Å². The molecule has 100 valence electrons. The van der Waals surface area contributed by atoms with E-state index in [1.165, 1.54) is 0 Å². The SMILES string of the molecule is Cn1nc(-c2ncccn2)c(-c2ccc(Cl)cc2)c1N. The first-order valence-electron chi connectivity index (χ1n) is 6.02. The molecule has 1 aromatic carbocycles. The van der Waals surface area contributed by atoms with E-state index >= 15 is 0 Å². The van der Waals surface area contributed by atoms with Gasteiger partial charge in [0.1, 0.15) is 11.5 Å². The molecule has 6 heteroatoms. The maximum atomic E-state index is 6.12. The zero-order chi connectivity index (χ0) is 14.1. The lowest BCUT2D eigenvalue weighted by Crippen LogP contribution is -1.97. The number of halogens is 1. The molecule has 0 atom stereocenters. The van der Waals surface area contributed by atoms with E-state index in [2.05, 4.69) is 15.1 Å². The summed E-state index contributed by atoms with van der Waals surface area (Å²) in [6.07, 6.45) is 3.36. The largest absolute Gasteiger partial charge is 0.383 e. The Balaban J connectivity index is 2.22. The number of hydrogen-bond acceptors (Lipinski definition) is 4. The Labute approximate surface area is 121 Å². The number of aryl methyl sites for hydroxylation is 1. The van der Waals surface area contributed by atoms with Crippen LogP contribution in [0.4, 0.5) is 5.82 Å². The number of rotatable bonds is 2. The lowest BCUT2D eigenvalue weighted by molar-refractivity contribution is 0.780. The van der Waals surface area contributed by atoms with Crippen LogP contribution in [-0.4, -0.2) is 19.7 Å². The summed E-state index contributed by atoms with van der Waals surface area (Å²) in [6.45, 7) is 0. The minimum Gasteiger partial charge on any atom is -0.383 e. The number of benzene rings is 1. The molecule has 0 saturated carbocycles. The number of aromatic nitrogens is 4. The third-order valence-corrected chi connectivity index (χ3v) is 3.25. The van der Waals surface area contributed by atoms with Crippen molar-refractivity contribution < 1.29 is 0 Å². The molecule has 0 bridgehead atoms. The van der Waals surface area contributed by atoms with Gasteiger partial charge in [-0.25, -0.2) is 9.97 Å². The van der Waals surface area contributed by atoms with E-state index in [1.807, 2.05) is 24.3 Å². The van der Waals surface area contributed by atoms with Gasteiger partial charge in [-0.3, -0.25) is 4.68 Å². The highest BCUT2D eigenvalue weighted by Gasteiger charge is 2.18. The maximum absolute atomic E-state index is 6.12. The van der Waals surface area contributed by atoms with E-state index in [4.69, 9.17) is 17.3 Å². The van der Waals surface area contributed by atoms with Gasteiger partial charge in [-0.1, -0.05) is 23.7 Å². The first-order valence-corrected chi connectivity index (χ1v) is 6.40. The second-order valence-electron chi connectivity index (χ2n) is 4.31. The Morgan fingerprint density at radius 2 is 1.75 bits per heavy atom. The normalized spacial score (nSPS) is 10.7. The van der Waals surface area contributed by atoms with Crippen LogP contribution in [0.2, 0.25) is 5.02 Å². The molecule has 0 aliphatic rings. The van der Waals surface area contributed by atoms with Crippen LogP contribution in [0.25, 0.3) is 22.6 Å². The summed E-state index contributed by atoms with van der Waals surface area (Å²) in [7, 11) is 1.79. The fraction of sp³-hybridized carbons (Fsp3) is 0.0714. The summed E-state index contributed by atoms with van der Waals surface area (Å²) < 4.78 is 1.62. The van der Waals surface area contributed by atoms with E-state index in [-0.39, 0.29) is 0 Å².